The molecule has 2 aliphatic rings. The number of aryl methyl sites for hydroxylation is 1. The summed E-state index contributed by atoms with van der Waals surface area (Å²) in [6.45, 7) is 9.67. The number of nitrogens with one attached hydrogen (secondary N) is 3. The molecule has 0 bridgehead atoms. The fraction of sp³-hybridized carbons (Fsp3) is 0.423. The zero-order chi connectivity index (χ0) is 21.8. The van der Waals surface area contributed by atoms with Crippen LogP contribution in [0.5, 0.6) is 0 Å². The van der Waals surface area contributed by atoms with Gasteiger partial charge in [-0.05, 0) is 70.4 Å². The van der Waals surface area contributed by atoms with Crippen molar-refractivity contribution in [3.63, 3.8) is 0 Å². The third kappa shape index (κ3) is 5.16. The maximum absolute atomic E-state index is 12.8. The van der Waals surface area contributed by atoms with Crippen molar-refractivity contribution in [2.24, 2.45) is 0 Å². The molecule has 2 aromatic rings. The summed E-state index contributed by atoms with van der Waals surface area (Å²) in [7, 11) is 0. The standard InChI is InChI=1S/C26H33N3OS/c1-4-22-21-16-18(2)9-11-24(21)31-25-12-10-20(17-23(25)28-22)26(30)27-13-7-15-29-14-6-5-8-19(29)3/h4,9-12,16-17,19,28H,5-8,13-15H2,1-3H3,(H,27,30)/p+1. The van der Waals surface area contributed by atoms with Crippen molar-refractivity contribution in [2.75, 3.05) is 25.0 Å². The van der Waals surface area contributed by atoms with Gasteiger partial charge in [0.2, 0.25) is 0 Å². The Morgan fingerprint density at radius 2 is 2.06 bits per heavy atom. The van der Waals surface area contributed by atoms with Gasteiger partial charge in [-0.15, -0.1) is 0 Å². The van der Waals surface area contributed by atoms with E-state index in [1.54, 1.807) is 16.7 Å². The Labute approximate surface area is 190 Å². The van der Waals surface area contributed by atoms with E-state index in [-0.39, 0.29) is 5.91 Å². The van der Waals surface area contributed by atoms with Crippen molar-refractivity contribution in [3.05, 3.63) is 59.2 Å². The van der Waals surface area contributed by atoms with Crippen molar-refractivity contribution in [2.45, 2.75) is 62.3 Å². The van der Waals surface area contributed by atoms with E-state index >= 15 is 0 Å². The SMILES string of the molecule is CC=C1Nc2cc(C(=O)NCCC[NH+]3CCCCC3C)ccc2Sc2ccc(C)cc21. The minimum Gasteiger partial charge on any atom is -0.354 e. The number of rotatable bonds is 5. The third-order valence-corrected chi connectivity index (χ3v) is 7.64. The van der Waals surface area contributed by atoms with Crippen LogP contribution in [0.3, 0.4) is 0 Å². The Kier molecular flexibility index (Phi) is 7.03. The van der Waals surface area contributed by atoms with E-state index in [0.717, 1.165) is 41.8 Å². The molecule has 4 rings (SSSR count). The van der Waals surface area contributed by atoms with Gasteiger partial charge in [0.15, 0.2) is 0 Å². The van der Waals surface area contributed by atoms with Crippen LogP contribution in [0.25, 0.3) is 5.70 Å². The highest BCUT2D eigenvalue weighted by molar-refractivity contribution is 7.99. The molecule has 0 aromatic heterocycles. The van der Waals surface area contributed by atoms with Crippen molar-refractivity contribution >= 4 is 29.1 Å². The minimum atomic E-state index is 0.0101. The highest BCUT2D eigenvalue weighted by atomic mass is 32.2. The summed E-state index contributed by atoms with van der Waals surface area (Å²) in [6.07, 6.45) is 7.17. The number of anilines is 1. The predicted octanol–water partition coefficient (Wildman–Crippen LogP) is 4.51. The van der Waals surface area contributed by atoms with E-state index in [2.05, 4.69) is 54.8 Å². The van der Waals surface area contributed by atoms with Crippen LogP contribution in [-0.4, -0.2) is 31.6 Å². The van der Waals surface area contributed by atoms with E-state index in [0.29, 0.717) is 5.56 Å². The van der Waals surface area contributed by atoms with Gasteiger partial charge < -0.3 is 15.5 Å². The smallest absolute Gasteiger partial charge is 0.251 e. The molecule has 2 heterocycles. The summed E-state index contributed by atoms with van der Waals surface area (Å²) in [5.74, 6) is 0.0101. The highest BCUT2D eigenvalue weighted by Gasteiger charge is 2.21. The zero-order valence-corrected chi connectivity index (χ0v) is 19.7. The molecular formula is C26H34N3OS+. The minimum absolute atomic E-state index is 0.0101. The second kappa shape index (κ2) is 9.92. The highest BCUT2D eigenvalue weighted by Crippen LogP contribution is 2.42. The van der Waals surface area contributed by atoms with Gasteiger partial charge in [-0.25, -0.2) is 0 Å². The summed E-state index contributed by atoms with van der Waals surface area (Å²) in [5.41, 5.74) is 5.24. The normalized spacial score (nSPS) is 21.6. The number of piperidine rings is 1. The molecule has 5 heteroatoms. The van der Waals surface area contributed by atoms with E-state index in [1.165, 1.54) is 41.8 Å². The van der Waals surface area contributed by atoms with Crippen LogP contribution in [0.15, 0.2) is 52.3 Å². The Hall–Kier alpha value is -2.24. The number of quaternary nitrogens is 1. The van der Waals surface area contributed by atoms with Crippen molar-refractivity contribution in [3.8, 4) is 0 Å². The van der Waals surface area contributed by atoms with Crippen LogP contribution in [0.4, 0.5) is 5.69 Å². The number of hydrogen-bond donors (Lipinski definition) is 3. The topological polar surface area (TPSA) is 45.6 Å². The number of benzene rings is 2. The Morgan fingerprint density at radius 3 is 2.87 bits per heavy atom. The Bertz CT molecular complexity index is 985. The number of carbonyl (C=O) groups is 1. The molecule has 2 aromatic carbocycles. The van der Waals surface area contributed by atoms with Gasteiger partial charge in [-0.3, -0.25) is 4.79 Å². The molecule has 3 N–H and O–H groups in total. The number of fused-ring (bicyclic) bond motifs is 2. The molecule has 0 aliphatic carbocycles. The van der Waals surface area contributed by atoms with Gasteiger partial charge in [-0.1, -0.05) is 29.5 Å². The van der Waals surface area contributed by atoms with E-state index in [4.69, 9.17) is 0 Å². The van der Waals surface area contributed by atoms with E-state index in [1.807, 2.05) is 19.1 Å². The third-order valence-electron chi connectivity index (χ3n) is 6.49. The summed E-state index contributed by atoms with van der Waals surface area (Å²) in [5, 5.41) is 6.68. The lowest BCUT2D eigenvalue weighted by Crippen LogP contribution is -3.16. The monoisotopic (exact) mass is 436 g/mol. The second-order valence-electron chi connectivity index (χ2n) is 8.80. The predicted molar refractivity (Wildman–Crippen MR) is 130 cm³/mol. The molecule has 1 saturated heterocycles. The zero-order valence-electron chi connectivity index (χ0n) is 18.9. The van der Waals surface area contributed by atoms with E-state index in [9.17, 15) is 4.79 Å². The summed E-state index contributed by atoms with van der Waals surface area (Å²) >= 11 is 1.75. The van der Waals surface area contributed by atoms with Crippen LogP contribution in [0.1, 0.15) is 61.0 Å². The van der Waals surface area contributed by atoms with Crippen molar-refractivity contribution < 1.29 is 9.69 Å². The fourth-order valence-electron chi connectivity index (χ4n) is 4.60. The number of allylic oxidation sites excluding steroid dienone is 1. The number of likely N-dealkylation sites (tertiary alicyclic amines) is 1. The van der Waals surface area contributed by atoms with Crippen LogP contribution >= 0.6 is 11.8 Å². The van der Waals surface area contributed by atoms with Gasteiger partial charge >= 0.3 is 0 Å². The lowest BCUT2D eigenvalue weighted by atomic mass is 10.0. The second-order valence-corrected chi connectivity index (χ2v) is 9.89. The van der Waals surface area contributed by atoms with Crippen molar-refractivity contribution in [1.29, 1.82) is 0 Å². The average Bonchev–Trinajstić information content (AvgIpc) is 2.93. The molecule has 0 spiro atoms. The lowest BCUT2D eigenvalue weighted by molar-refractivity contribution is -0.928. The maximum atomic E-state index is 12.8. The summed E-state index contributed by atoms with van der Waals surface area (Å²) in [6, 6.07) is 13.3. The number of amides is 1. The van der Waals surface area contributed by atoms with Crippen LogP contribution in [0, 0.1) is 6.92 Å². The van der Waals surface area contributed by atoms with E-state index < -0.39 is 0 Å². The quantitative estimate of drug-likeness (QED) is 0.605. The number of hydrogen-bond acceptors (Lipinski definition) is 3. The molecule has 0 radical (unpaired) electrons. The van der Waals surface area contributed by atoms with Crippen LogP contribution in [-0.2, 0) is 0 Å². The van der Waals surface area contributed by atoms with Gasteiger partial charge in [0.1, 0.15) is 0 Å². The summed E-state index contributed by atoms with van der Waals surface area (Å²) < 4.78 is 0. The first kappa shape index (κ1) is 22.0. The number of carbonyl (C=O) groups excluding carboxylic acids is 1. The summed E-state index contributed by atoms with van der Waals surface area (Å²) in [4.78, 5) is 16.8. The fourth-order valence-corrected chi connectivity index (χ4v) is 5.61. The lowest BCUT2D eigenvalue weighted by Gasteiger charge is -2.30. The Morgan fingerprint density at radius 1 is 1.23 bits per heavy atom. The Balaban J connectivity index is 1.40. The average molecular weight is 437 g/mol. The van der Waals surface area contributed by atoms with Crippen LogP contribution in [0.2, 0.25) is 0 Å². The first-order valence-electron chi connectivity index (χ1n) is 11.5. The molecular weight excluding hydrogens is 402 g/mol. The van der Waals surface area contributed by atoms with Gasteiger partial charge in [0, 0.05) is 39.6 Å². The first-order valence-corrected chi connectivity index (χ1v) is 12.4. The van der Waals surface area contributed by atoms with Crippen LogP contribution < -0.4 is 15.5 Å². The molecule has 2 atom stereocenters. The largest absolute Gasteiger partial charge is 0.354 e. The molecule has 4 nitrogen and oxygen atoms in total. The molecule has 31 heavy (non-hydrogen) atoms. The molecule has 1 amide bonds. The molecule has 0 saturated carbocycles. The molecule has 1 fully saturated rings. The van der Waals surface area contributed by atoms with Crippen molar-refractivity contribution in [1.82, 2.24) is 5.32 Å². The first-order chi connectivity index (χ1) is 15.0. The molecule has 164 valence electrons. The van der Waals surface area contributed by atoms with Gasteiger partial charge in [0.25, 0.3) is 5.91 Å². The molecule has 2 aliphatic heterocycles. The van der Waals surface area contributed by atoms with Gasteiger partial charge in [0.05, 0.1) is 24.8 Å². The maximum Gasteiger partial charge on any atom is 0.251 e. The van der Waals surface area contributed by atoms with Gasteiger partial charge in [-0.2, -0.15) is 0 Å². The molecule has 2 unspecified atom stereocenters.